The highest BCUT2D eigenvalue weighted by Gasteiger charge is 2.06. The van der Waals surface area contributed by atoms with Crippen LogP contribution in [0.15, 0.2) is 22.7 Å². The maximum absolute atomic E-state index is 5.83. The summed E-state index contributed by atoms with van der Waals surface area (Å²) < 4.78 is 2.48. The van der Waals surface area contributed by atoms with Crippen molar-refractivity contribution in [3.8, 4) is 0 Å². The Morgan fingerprint density at radius 2 is 2.14 bits per heavy atom. The summed E-state index contributed by atoms with van der Waals surface area (Å²) in [5, 5.41) is 1.36. The molecule has 0 N–H and O–H groups in total. The van der Waals surface area contributed by atoms with Crippen LogP contribution < -0.4 is 0 Å². The lowest BCUT2D eigenvalue weighted by Crippen LogP contribution is -1.80. The average molecular weight is 290 g/mol. The van der Waals surface area contributed by atoms with Crippen LogP contribution in [0.25, 0.3) is 10.1 Å². The van der Waals surface area contributed by atoms with Crippen molar-refractivity contribution in [2.45, 2.75) is 19.2 Å². The normalized spacial score (nSPS) is 11.1. The molecule has 0 bridgehead atoms. The van der Waals surface area contributed by atoms with Crippen molar-refractivity contribution >= 4 is 49.0 Å². The van der Waals surface area contributed by atoms with E-state index in [-0.39, 0.29) is 0 Å². The zero-order valence-corrected chi connectivity index (χ0v) is 11.0. The first-order chi connectivity index (χ1) is 6.74. The fourth-order valence-corrected chi connectivity index (χ4v) is 3.48. The summed E-state index contributed by atoms with van der Waals surface area (Å²) in [4.78, 5) is 1.24. The van der Waals surface area contributed by atoms with E-state index in [1.54, 1.807) is 11.3 Å². The van der Waals surface area contributed by atoms with E-state index in [1.807, 2.05) is 0 Å². The van der Waals surface area contributed by atoms with Gasteiger partial charge in [0.15, 0.2) is 0 Å². The molecule has 14 heavy (non-hydrogen) atoms. The molecule has 0 amide bonds. The topological polar surface area (TPSA) is 0 Å². The third kappa shape index (κ3) is 1.83. The van der Waals surface area contributed by atoms with Crippen LogP contribution in [0, 0.1) is 0 Å². The zero-order chi connectivity index (χ0) is 10.1. The third-order valence-corrected chi connectivity index (χ3v) is 4.24. The number of benzene rings is 1. The van der Waals surface area contributed by atoms with E-state index in [2.05, 4.69) is 41.1 Å². The Kier molecular flexibility index (Phi) is 3.15. The number of rotatable bonds is 2. The highest BCUT2D eigenvalue weighted by Crippen LogP contribution is 2.32. The van der Waals surface area contributed by atoms with Gasteiger partial charge in [0.25, 0.3) is 0 Å². The van der Waals surface area contributed by atoms with Crippen LogP contribution in [0.5, 0.6) is 0 Å². The Labute approximate surface area is 101 Å². The maximum atomic E-state index is 5.83. The number of aryl methyl sites for hydroxylation is 1. The lowest BCUT2D eigenvalue weighted by Gasteiger charge is -1.99. The summed E-state index contributed by atoms with van der Waals surface area (Å²) in [6.45, 7) is 2.18. The molecule has 0 fully saturated rings. The van der Waals surface area contributed by atoms with Crippen molar-refractivity contribution in [2.24, 2.45) is 0 Å². The molecule has 0 aliphatic carbocycles. The van der Waals surface area contributed by atoms with Crippen LogP contribution in [0.3, 0.4) is 0 Å². The minimum atomic E-state index is 0.611. The zero-order valence-electron chi connectivity index (χ0n) is 7.81. The monoisotopic (exact) mass is 288 g/mol. The first-order valence-electron chi connectivity index (χ1n) is 4.51. The van der Waals surface area contributed by atoms with Crippen LogP contribution in [0.2, 0.25) is 0 Å². The lowest BCUT2D eigenvalue weighted by molar-refractivity contribution is 1.16. The minimum Gasteiger partial charge on any atom is -0.139 e. The van der Waals surface area contributed by atoms with Gasteiger partial charge >= 0.3 is 0 Å². The second-order valence-electron chi connectivity index (χ2n) is 3.18. The van der Waals surface area contributed by atoms with Crippen molar-refractivity contribution < 1.29 is 0 Å². The minimum absolute atomic E-state index is 0.611. The molecule has 1 heterocycles. The Hall–Kier alpha value is -0.0500. The van der Waals surface area contributed by atoms with Crippen LogP contribution in [0.1, 0.15) is 17.4 Å². The van der Waals surface area contributed by atoms with Gasteiger partial charge in [-0.2, -0.15) is 0 Å². The van der Waals surface area contributed by atoms with Gasteiger partial charge in [0, 0.05) is 14.0 Å². The van der Waals surface area contributed by atoms with Gasteiger partial charge in [0.2, 0.25) is 0 Å². The molecule has 0 saturated carbocycles. The van der Waals surface area contributed by atoms with Crippen LogP contribution in [0.4, 0.5) is 0 Å². The number of hydrogen-bond acceptors (Lipinski definition) is 1. The molecule has 0 atom stereocenters. The second-order valence-corrected chi connectivity index (χ2v) is 5.53. The number of thiophene rings is 1. The molecule has 0 nitrogen and oxygen atoms in total. The van der Waals surface area contributed by atoms with E-state index in [0.717, 1.165) is 10.9 Å². The molecule has 0 unspecified atom stereocenters. The van der Waals surface area contributed by atoms with Gasteiger partial charge in [-0.15, -0.1) is 22.9 Å². The smallest absolute Gasteiger partial charge is 0.0568 e. The highest BCUT2D eigenvalue weighted by molar-refractivity contribution is 9.10. The van der Waals surface area contributed by atoms with E-state index < -0.39 is 0 Å². The summed E-state index contributed by atoms with van der Waals surface area (Å²) in [6.07, 6.45) is 1.06. The molecule has 0 aliphatic heterocycles. The van der Waals surface area contributed by atoms with E-state index >= 15 is 0 Å². The Balaban J connectivity index is 2.71. The molecule has 3 heteroatoms. The SMILES string of the molecule is CCc1cc(Br)cc2sc(CCl)cc12. The van der Waals surface area contributed by atoms with Crippen molar-refractivity contribution in [1.82, 2.24) is 0 Å². The number of alkyl halides is 1. The number of fused-ring (bicyclic) bond motifs is 1. The molecule has 74 valence electrons. The van der Waals surface area contributed by atoms with Gasteiger partial charge in [0.1, 0.15) is 0 Å². The van der Waals surface area contributed by atoms with Crippen molar-refractivity contribution in [3.05, 3.63) is 33.1 Å². The fraction of sp³-hybridized carbons (Fsp3) is 0.273. The largest absolute Gasteiger partial charge is 0.139 e. The maximum Gasteiger partial charge on any atom is 0.0568 e. The summed E-state index contributed by atoms with van der Waals surface area (Å²) in [7, 11) is 0. The predicted octanol–water partition coefficient (Wildman–Crippen LogP) is 4.97. The van der Waals surface area contributed by atoms with Crippen LogP contribution >= 0.6 is 38.9 Å². The van der Waals surface area contributed by atoms with E-state index in [1.165, 1.54) is 20.5 Å². The molecule has 0 saturated heterocycles. The van der Waals surface area contributed by atoms with Gasteiger partial charge < -0.3 is 0 Å². The number of hydrogen-bond donors (Lipinski definition) is 0. The van der Waals surface area contributed by atoms with E-state index in [0.29, 0.717) is 5.88 Å². The number of halogens is 2. The second kappa shape index (κ2) is 4.21. The quantitative estimate of drug-likeness (QED) is 0.685. The van der Waals surface area contributed by atoms with Gasteiger partial charge in [0.05, 0.1) is 5.88 Å². The van der Waals surface area contributed by atoms with Gasteiger partial charge in [-0.1, -0.05) is 22.9 Å². The summed E-state index contributed by atoms with van der Waals surface area (Å²) in [5.41, 5.74) is 1.39. The molecule has 1 aromatic heterocycles. The fourth-order valence-electron chi connectivity index (χ4n) is 1.59. The Morgan fingerprint density at radius 3 is 2.79 bits per heavy atom. The molecule has 0 radical (unpaired) electrons. The first kappa shape index (κ1) is 10.5. The first-order valence-corrected chi connectivity index (χ1v) is 6.65. The van der Waals surface area contributed by atoms with Gasteiger partial charge in [-0.3, -0.25) is 0 Å². The molecule has 0 aliphatic rings. The lowest BCUT2D eigenvalue weighted by atomic mass is 10.1. The van der Waals surface area contributed by atoms with E-state index in [4.69, 9.17) is 11.6 Å². The highest BCUT2D eigenvalue weighted by atomic mass is 79.9. The van der Waals surface area contributed by atoms with Crippen molar-refractivity contribution in [3.63, 3.8) is 0 Å². The Morgan fingerprint density at radius 1 is 1.36 bits per heavy atom. The van der Waals surface area contributed by atoms with Crippen LogP contribution in [-0.4, -0.2) is 0 Å². The van der Waals surface area contributed by atoms with Crippen molar-refractivity contribution in [2.75, 3.05) is 0 Å². The molecule has 2 aromatic rings. The molecular formula is C11H10BrClS. The van der Waals surface area contributed by atoms with Crippen LogP contribution in [-0.2, 0) is 12.3 Å². The Bertz CT molecular complexity index is 462. The summed E-state index contributed by atoms with van der Waals surface area (Å²) in [6, 6.07) is 6.56. The third-order valence-electron chi connectivity index (χ3n) is 2.25. The van der Waals surface area contributed by atoms with Gasteiger partial charge in [-0.25, -0.2) is 0 Å². The van der Waals surface area contributed by atoms with Gasteiger partial charge in [-0.05, 0) is 35.6 Å². The summed E-state index contributed by atoms with van der Waals surface area (Å²) >= 11 is 11.1. The predicted molar refractivity (Wildman–Crippen MR) is 68.5 cm³/mol. The molecular weight excluding hydrogens is 280 g/mol. The molecule has 1 aromatic carbocycles. The van der Waals surface area contributed by atoms with Crippen molar-refractivity contribution in [1.29, 1.82) is 0 Å². The molecule has 2 rings (SSSR count). The standard InChI is InChI=1S/C11H10BrClS/c1-2-7-3-8(12)4-11-10(7)5-9(6-13)14-11/h3-5H,2,6H2,1H3. The summed E-state index contributed by atoms with van der Waals surface area (Å²) in [5.74, 6) is 0.611. The van der Waals surface area contributed by atoms with E-state index in [9.17, 15) is 0 Å². The molecule has 0 spiro atoms. The average Bonchev–Trinajstić information content (AvgIpc) is 2.59.